The quantitative estimate of drug-likeness (QED) is 0.599. The minimum Gasteiger partial charge on any atom is -0.271 e. The van der Waals surface area contributed by atoms with Gasteiger partial charge in [-0.1, -0.05) is 20.8 Å². The predicted octanol–water partition coefficient (Wildman–Crippen LogP) is 2.52. The molecule has 0 amide bonds. The molecule has 0 radical (unpaired) electrons. The molecule has 3 N–H and O–H groups in total. The maximum Gasteiger partial charge on any atom is 0.138 e. The fraction of sp³-hybridized carbons (Fsp3) is 0.875. The van der Waals surface area contributed by atoms with Gasteiger partial charge in [0.05, 0.1) is 0 Å². The number of aromatic nitrogens is 3. The molecule has 5 nitrogen and oxygen atoms in total. The van der Waals surface area contributed by atoms with Crippen LogP contribution in [0.1, 0.15) is 58.7 Å². The van der Waals surface area contributed by atoms with Gasteiger partial charge in [-0.2, -0.15) is 5.10 Å². The summed E-state index contributed by atoms with van der Waals surface area (Å²) < 4.78 is 2.02. The minimum atomic E-state index is 0.318. The van der Waals surface area contributed by atoms with Crippen LogP contribution in [0.4, 0.5) is 0 Å². The number of hydrogen-bond donors (Lipinski definition) is 2. The highest BCUT2D eigenvalue weighted by Gasteiger charge is 2.29. The Kier molecular flexibility index (Phi) is 6.18. The molecular weight excluding hydrogens is 262 g/mol. The molecular formula is C16H31N5. The van der Waals surface area contributed by atoms with Gasteiger partial charge in [0.1, 0.15) is 12.2 Å². The second-order valence-corrected chi connectivity index (χ2v) is 6.80. The van der Waals surface area contributed by atoms with Crippen LogP contribution in [0.5, 0.6) is 0 Å². The molecule has 21 heavy (non-hydrogen) atoms. The number of aryl methyl sites for hydroxylation is 1. The van der Waals surface area contributed by atoms with Crippen molar-refractivity contribution in [3.8, 4) is 0 Å². The van der Waals surface area contributed by atoms with E-state index in [0.29, 0.717) is 12.0 Å². The SMILES string of the molecule is CCCn1ncnc1CC(NN)C1CCC(C(C)C)CC1. The van der Waals surface area contributed by atoms with Crippen molar-refractivity contribution in [3.63, 3.8) is 0 Å². The predicted molar refractivity (Wildman–Crippen MR) is 85.4 cm³/mol. The summed E-state index contributed by atoms with van der Waals surface area (Å²) in [6.07, 6.45) is 8.85. The molecule has 2 rings (SSSR count). The van der Waals surface area contributed by atoms with Crippen LogP contribution in [-0.4, -0.2) is 20.8 Å². The van der Waals surface area contributed by atoms with Gasteiger partial charge in [-0.05, 0) is 49.9 Å². The Bertz CT molecular complexity index is 407. The summed E-state index contributed by atoms with van der Waals surface area (Å²) in [6, 6.07) is 0.318. The smallest absolute Gasteiger partial charge is 0.138 e. The lowest BCUT2D eigenvalue weighted by atomic mass is 9.74. The number of nitrogens with zero attached hydrogens (tertiary/aromatic N) is 3. The van der Waals surface area contributed by atoms with Gasteiger partial charge in [0.15, 0.2) is 0 Å². The van der Waals surface area contributed by atoms with Crippen LogP contribution in [0.2, 0.25) is 0 Å². The third-order valence-electron chi connectivity index (χ3n) is 5.08. The Balaban J connectivity index is 1.93. The molecule has 1 atom stereocenters. The first-order valence-electron chi connectivity index (χ1n) is 8.48. The zero-order valence-electron chi connectivity index (χ0n) is 13.8. The van der Waals surface area contributed by atoms with E-state index in [4.69, 9.17) is 5.84 Å². The molecule has 5 heteroatoms. The highest BCUT2D eigenvalue weighted by Crippen LogP contribution is 2.35. The lowest BCUT2D eigenvalue weighted by molar-refractivity contribution is 0.186. The van der Waals surface area contributed by atoms with Crippen LogP contribution in [0.15, 0.2) is 6.33 Å². The van der Waals surface area contributed by atoms with Crippen LogP contribution in [0, 0.1) is 17.8 Å². The van der Waals surface area contributed by atoms with E-state index in [1.165, 1.54) is 25.7 Å². The van der Waals surface area contributed by atoms with Crippen LogP contribution in [0.3, 0.4) is 0 Å². The maximum atomic E-state index is 5.83. The number of hydrazine groups is 1. The molecule has 1 aliphatic rings. The summed E-state index contributed by atoms with van der Waals surface area (Å²) in [7, 11) is 0. The summed E-state index contributed by atoms with van der Waals surface area (Å²) in [4.78, 5) is 4.42. The molecule has 1 aromatic rings. The molecule has 1 fully saturated rings. The number of rotatable bonds is 7. The molecule has 1 heterocycles. The highest BCUT2D eigenvalue weighted by molar-refractivity contribution is 4.93. The van der Waals surface area contributed by atoms with Crippen molar-refractivity contribution in [2.24, 2.45) is 23.6 Å². The average molecular weight is 293 g/mol. The monoisotopic (exact) mass is 293 g/mol. The van der Waals surface area contributed by atoms with E-state index >= 15 is 0 Å². The second-order valence-electron chi connectivity index (χ2n) is 6.80. The Labute approximate surface area is 128 Å². The van der Waals surface area contributed by atoms with Crippen molar-refractivity contribution in [1.29, 1.82) is 0 Å². The number of hydrogen-bond acceptors (Lipinski definition) is 4. The third kappa shape index (κ3) is 4.27. The Morgan fingerprint density at radius 3 is 2.52 bits per heavy atom. The summed E-state index contributed by atoms with van der Waals surface area (Å²) in [5.41, 5.74) is 3.04. The van der Waals surface area contributed by atoms with E-state index in [2.05, 4.69) is 36.3 Å². The Morgan fingerprint density at radius 1 is 1.29 bits per heavy atom. The van der Waals surface area contributed by atoms with Gasteiger partial charge in [-0.25, -0.2) is 4.98 Å². The lowest BCUT2D eigenvalue weighted by Crippen LogP contribution is -2.44. The van der Waals surface area contributed by atoms with Crippen LogP contribution in [0.25, 0.3) is 0 Å². The zero-order chi connectivity index (χ0) is 15.2. The zero-order valence-corrected chi connectivity index (χ0v) is 13.8. The molecule has 1 aliphatic carbocycles. The number of nitrogens with two attached hydrogens (primary N) is 1. The van der Waals surface area contributed by atoms with Crippen LogP contribution in [-0.2, 0) is 13.0 Å². The summed E-state index contributed by atoms with van der Waals surface area (Å²) in [5.74, 6) is 9.26. The van der Waals surface area contributed by atoms with Crippen molar-refractivity contribution in [3.05, 3.63) is 12.2 Å². The molecule has 0 bridgehead atoms. The largest absolute Gasteiger partial charge is 0.271 e. The van der Waals surface area contributed by atoms with Crippen molar-refractivity contribution in [2.75, 3.05) is 0 Å². The van der Waals surface area contributed by atoms with E-state index in [9.17, 15) is 0 Å². The van der Waals surface area contributed by atoms with Crippen molar-refractivity contribution in [1.82, 2.24) is 20.2 Å². The topological polar surface area (TPSA) is 68.8 Å². The first-order chi connectivity index (χ1) is 10.2. The normalized spacial score (nSPS) is 24.4. The van der Waals surface area contributed by atoms with Gasteiger partial charge in [0.2, 0.25) is 0 Å². The van der Waals surface area contributed by atoms with E-state index in [0.717, 1.165) is 37.0 Å². The maximum absolute atomic E-state index is 5.83. The third-order valence-corrected chi connectivity index (χ3v) is 5.08. The Hall–Kier alpha value is -0.940. The van der Waals surface area contributed by atoms with Gasteiger partial charge >= 0.3 is 0 Å². The molecule has 1 unspecified atom stereocenters. The first-order valence-corrected chi connectivity index (χ1v) is 8.48. The first kappa shape index (κ1) is 16.4. The van der Waals surface area contributed by atoms with Crippen LogP contribution >= 0.6 is 0 Å². The van der Waals surface area contributed by atoms with Gasteiger partial charge < -0.3 is 0 Å². The minimum absolute atomic E-state index is 0.318. The molecule has 120 valence electrons. The van der Waals surface area contributed by atoms with Gasteiger partial charge in [-0.15, -0.1) is 0 Å². The summed E-state index contributed by atoms with van der Waals surface area (Å²) in [6.45, 7) is 7.79. The molecule has 0 aromatic carbocycles. The highest BCUT2D eigenvalue weighted by atomic mass is 15.3. The van der Waals surface area contributed by atoms with E-state index in [1.54, 1.807) is 6.33 Å². The fourth-order valence-electron chi connectivity index (χ4n) is 3.62. The van der Waals surface area contributed by atoms with Crippen molar-refractivity contribution in [2.45, 2.75) is 71.9 Å². The van der Waals surface area contributed by atoms with Gasteiger partial charge in [-0.3, -0.25) is 16.0 Å². The molecule has 0 saturated heterocycles. The molecule has 0 aliphatic heterocycles. The van der Waals surface area contributed by atoms with E-state index in [-0.39, 0.29) is 0 Å². The number of nitrogens with one attached hydrogen (secondary N) is 1. The van der Waals surface area contributed by atoms with Crippen molar-refractivity contribution < 1.29 is 0 Å². The average Bonchev–Trinajstić information content (AvgIpc) is 2.92. The molecule has 1 saturated carbocycles. The molecule has 0 spiro atoms. The molecule has 1 aromatic heterocycles. The lowest BCUT2D eigenvalue weighted by Gasteiger charge is -2.35. The standard InChI is InChI=1S/C16H31N5/c1-4-9-21-16(18-11-19-21)10-15(20-17)14-7-5-13(6-8-14)12(2)3/h11-15,20H,4-10,17H2,1-3H3. The second kappa shape index (κ2) is 7.90. The Morgan fingerprint density at radius 2 is 1.95 bits per heavy atom. The van der Waals surface area contributed by atoms with Crippen molar-refractivity contribution >= 4 is 0 Å². The van der Waals surface area contributed by atoms with Crippen LogP contribution < -0.4 is 11.3 Å². The van der Waals surface area contributed by atoms with E-state index < -0.39 is 0 Å². The summed E-state index contributed by atoms with van der Waals surface area (Å²) in [5, 5.41) is 4.31. The van der Waals surface area contributed by atoms with Gasteiger partial charge in [0, 0.05) is 19.0 Å². The summed E-state index contributed by atoms with van der Waals surface area (Å²) >= 11 is 0. The van der Waals surface area contributed by atoms with E-state index in [1.807, 2.05) is 4.68 Å². The fourth-order valence-corrected chi connectivity index (χ4v) is 3.62. The van der Waals surface area contributed by atoms with Gasteiger partial charge in [0.25, 0.3) is 0 Å².